The molecule has 0 aliphatic carbocycles. The van der Waals surface area contributed by atoms with Gasteiger partial charge < -0.3 is 9.84 Å². The van der Waals surface area contributed by atoms with Gasteiger partial charge in [-0.3, -0.25) is 9.48 Å². The van der Waals surface area contributed by atoms with Crippen molar-refractivity contribution in [3.8, 4) is 0 Å². The Labute approximate surface area is 107 Å². The van der Waals surface area contributed by atoms with Crippen LogP contribution in [0.5, 0.6) is 0 Å². The van der Waals surface area contributed by atoms with Crippen molar-refractivity contribution in [3.63, 3.8) is 0 Å². The number of rotatable bonds is 4. The number of aliphatic carboxylic acids is 1. The fraction of sp³-hybridized carbons (Fsp3) is 0.692. The zero-order chi connectivity index (χ0) is 13.3. The quantitative estimate of drug-likeness (QED) is 0.885. The van der Waals surface area contributed by atoms with Crippen molar-refractivity contribution in [2.45, 2.75) is 58.8 Å². The van der Waals surface area contributed by atoms with Crippen LogP contribution in [0, 0.1) is 13.8 Å². The number of carboxylic acid groups (broad SMARTS) is 1. The van der Waals surface area contributed by atoms with Crippen LogP contribution in [-0.2, 0) is 22.5 Å². The lowest BCUT2D eigenvalue weighted by molar-refractivity contribution is -0.136. The minimum absolute atomic E-state index is 0.0413. The van der Waals surface area contributed by atoms with Crippen LogP contribution in [0.25, 0.3) is 0 Å². The lowest BCUT2D eigenvalue weighted by Gasteiger charge is -2.12. The van der Waals surface area contributed by atoms with Crippen LogP contribution in [0.4, 0.5) is 0 Å². The Morgan fingerprint density at radius 2 is 2.22 bits per heavy atom. The van der Waals surface area contributed by atoms with E-state index in [2.05, 4.69) is 12.0 Å². The van der Waals surface area contributed by atoms with Crippen molar-refractivity contribution in [2.75, 3.05) is 0 Å². The number of aromatic nitrogens is 2. The molecule has 1 aromatic heterocycles. The molecule has 18 heavy (non-hydrogen) atoms. The Morgan fingerprint density at radius 3 is 2.78 bits per heavy atom. The number of hydrogen-bond acceptors (Lipinski definition) is 3. The molecule has 0 amide bonds. The highest BCUT2D eigenvalue weighted by atomic mass is 16.5. The summed E-state index contributed by atoms with van der Waals surface area (Å²) in [4.78, 5) is 10.8. The molecule has 0 spiro atoms. The molecule has 1 saturated heterocycles. The number of aryl methyl sites for hydroxylation is 1. The minimum atomic E-state index is -0.813. The van der Waals surface area contributed by atoms with E-state index < -0.39 is 5.97 Å². The Hall–Kier alpha value is -1.36. The second-order valence-corrected chi connectivity index (χ2v) is 5.05. The summed E-state index contributed by atoms with van der Waals surface area (Å²) in [6.07, 6.45) is 2.71. The van der Waals surface area contributed by atoms with E-state index in [1.807, 2.05) is 18.5 Å². The SMILES string of the molecule is Cc1nn(CC2CCC(C)O2)c(C)c1CC(=O)O. The molecule has 100 valence electrons. The summed E-state index contributed by atoms with van der Waals surface area (Å²) >= 11 is 0. The van der Waals surface area contributed by atoms with Gasteiger partial charge >= 0.3 is 5.97 Å². The average molecular weight is 252 g/mol. The monoisotopic (exact) mass is 252 g/mol. The van der Waals surface area contributed by atoms with Gasteiger partial charge in [0, 0.05) is 11.3 Å². The third kappa shape index (κ3) is 2.72. The molecule has 0 bridgehead atoms. The number of carbonyl (C=O) groups is 1. The van der Waals surface area contributed by atoms with E-state index >= 15 is 0 Å². The van der Waals surface area contributed by atoms with Crippen molar-refractivity contribution >= 4 is 5.97 Å². The predicted molar refractivity (Wildman–Crippen MR) is 66.6 cm³/mol. The second-order valence-electron chi connectivity index (χ2n) is 5.05. The largest absolute Gasteiger partial charge is 0.481 e. The maximum absolute atomic E-state index is 10.8. The molecular formula is C13H20N2O3. The van der Waals surface area contributed by atoms with Crippen molar-refractivity contribution in [1.29, 1.82) is 0 Å². The van der Waals surface area contributed by atoms with Crippen LogP contribution >= 0.6 is 0 Å². The standard InChI is InChI=1S/C13H20N2O3/c1-8-4-5-11(18-8)7-15-10(3)12(6-13(16)17)9(2)14-15/h8,11H,4-7H2,1-3H3,(H,16,17). The topological polar surface area (TPSA) is 64.4 Å². The molecule has 1 aliphatic rings. The maximum Gasteiger partial charge on any atom is 0.307 e. The molecule has 1 N–H and O–H groups in total. The predicted octanol–water partition coefficient (Wildman–Crippen LogP) is 1.69. The average Bonchev–Trinajstić information content (AvgIpc) is 2.78. The van der Waals surface area contributed by atoms with E-state index in [0.717, 1.165) is 36.3 Å². The summed E-state index contributed by atoms with van der Waals surface area (Å²) in [5, 5.41) is 13.3. The molecule has 2 heterocycles. The summed E-state index contributed by atoms with van der Waals surface area (Å²) in [5.41, 5.74) is 2.58. The van der Waals surface area contributed by atoms with Gasteiger partial charge in [0.25, 0.3) is 0 Å². The van der Waals surface area contributed by atoms with Crippen LogP contribution in [-0.4, -0.2) is 33.1 Å². The van der Waals surface area contributed by atoms with E-state index in [1.54, 1.807) is 0 Å². The van der Waals surface area contributed by atoms with Gasteiger partial charge in [-0.1, -0.05) is 0 Å². The van der Waals surface area contributed by atoms with Gasteiger partial charge in [-0.25, -0.2) is 0 Å². The molecule has 5 heteroatoms. The Balaban J connectivity index is 2.11. The van der Waals surface area contributed by atoms with Crippen LogP contribution in [0.15, 0.2) is 0 Å². The van der Waals surface area contributed by atoms with Gasteiger partial charge in [0.1, 0.15) is 0 Å². The molecule has 2 unspecified atom stereocenters. The molecule has 0 aromatic carbocycles. The highest BCUT2D eigenvalue weighted by Crippen LogP contribution is 2.22. The first kappa shape index (κ1) is 13.1. The molecule has 1 aliphatic heterocycles. The molecule has 1 fully saturated rings. The zero-order valence-corrected chi connectivity index (χ0v) is 11.1. The van der Waals surface area contributed by atoms with Gasteiger partial charge in [-0.2, -0.15) is 5.10 Å². The summed E-state index contributed by atoms with van der Waals surface area (Å²) in [6, 6.07) is 0. The van der Waals surface area contributed by atoms with Crippen LogP contribution in [0.3, 0.4) is 0 Å². The van der Waals surface area contributed by atoms with Gasteiger partial charge in [0.15, 0.2) is 0 Å². The van der Waals surface area contributed by atoms with Crippen molar-refractivity contribution in [1.82, 2.24) is 9.78 Å². The third-order valence-electron chi connectivity index (χ3n) is 3.56. The van der Waals surface area contributed by atoms with Gasteiger partial charge in [0.05, 0.1) is 30.9 Å². The Bertz CT molecular complexity index is 453. The normalized spacial score (nSPS) is 23.5. The van der Waals surface area contributed by atoms with E-state index in [1.165, 1.54) is 0 Å². The number of hydrogen-bond donors (Lipinski definition) is 1. The van der Waals surface area contributed by atoms with E-state index in [0.29, 0.717) is 6.10 Å². The maximum atomic E-state index is 10.8. The summed E-state index contributed by atoms with van der Waals surface area (Å²) < 4.78 is 7.66. The highest BCUT2D eigenvalue weighted by Gasteiger charge is 2.24. The number of nitrogens with zero attached hydrogens (tertiary/aromatic N) is 2. The Morgan fingerprint density at radius 1 is 1.50 bits per heavy atom. The number of carboxylic acids is 1. The third-order valence-corrected chi connectivity index (χ3v) is 3.56. The molecule has 1 aromatic rings. The van der Waals surface area contributed by atoms with Crippen LogP contribution in [0.1, 0.15) is 36.7 Å². The fourth-order valence-electron chi connectivity index (χ4n) is 2.53. The highest BCUT2D eigenvalue weighted by molar-refractivity contribution is 5.70. The van der Waals surface area contributed by atoms with Crippen molar-refractivity contribution in [2.24, 2.45) is 0 Å². The second kappa shape index (κ2) is 5.10. The van der Waals surface area contributed by atoms with Crippen molar-refractivity contribution < 1.29 is 14.6 Å². The minimum Gasteiger partial charge on any atom is -0.481 e. The first-order valence-corrected chi connectivity index (χ1v) is 6.37. The summed E-state index contributed by atoms with van der Waals surface area (Å²) in [5.74, 6) is -0.813. The zero-order valence-electron chi connectivity index (χ0n) is 11.1. The molecule has 5 nitrogen and oxygen atoms in total. The molecule has 0 radical (unpaired) electrons. The van der Waals surface area contributed by atoms with Crippen molar-refractivity contribution in [3.05, 3.63) is 17.0 Å². The Kier molecular flexibility index (Phi) is 3.71. The summed E-state index contributed by atoms with van der Waals surface area (Å²) in [6.45, 7) is 6.59. The molecule has 2 atom stereocenters. The van der Waals surface area contributed by atoms with E-state index in [9.17, 15) is 4.79 Å². The van der Waals surface area contributed by atoms with Crippen LogP contribution in [0.2, 0.25) is 0 Å². The van der Waals surface area contributed by atoms with Gasteiger partial charge in [-0.05, 0) is 33.6 Å². The lowest BCUT2D eigenvalue weighted by atomic mass is 10.1. The smallest absolute Gasteiger partial charge is 0.307 e. The fourth-order valence-corrected chi connectivity index (χ4v) is 2.53. The number of ether oxygens (including phenoxy) is 1. The van der Waals surface area contributed by atoms with E-state index in [4.69, 9.17) is 9.84 Å². The molecule has 0 saturated carbocycles. The lowest BCUT2D eigenvalue weighted by Crippen LogP contribution is -2.18. The first-order chi connectivity index (χ1) is 8.47. The molecule has 2 rings (SSSR count). The van der Waals surface area contributed by atoms with Crippen LogP contribution < -0.4 is 0 Å². The first-order valence-electron chi connectivity index (χ1n) is 6.37. The van der Waals surface area contributed by atoms with E-state index in [-0.39, 0.29) is 12.5 Å². The summed E-state index contributed by atoms with van der Waals surface area (Å²) in [7, 11) is 0. The van der Waals surface area contributed by atoms with Gasteiger partial charge in [-0.15, -0.1) is 0 Å². The van der Waals surface area contributed by atoms with Gasteiger partial charge in [0.2, 0.25) is 0 Å². The molecular weight excluding hydrogens is 232 g/mol.